The molecule has 2 amide bonds. The van der Waals surface area contributed by atoms with Gasteiger partial charge in [0.1, 0.15) is 0 Å². The Morgan fingerprint density at radius 3 is 2.38 bits per heavy atom. The number of nitrogens with zero attached hydrogens (tertiary/aromatic N) is 1. The molecule has 0 unspecified atom stereocenters. The molecule has 3 rings (SSSR count). The summed E-state index contributed by atoms with van der Waals surface area (Å²) in [6.07, 6.45) is 0. The van der Waals surface area contributed by atoms with Crippen LogP contribution in [0, 0.1) is 0 Å². The molecule has 0 saturated carbocycles. The van der Waals surface area contributed by atoms with Crippen LogP contribution in [0.25, 0.3) is 10.8 Å². The van der Waals surface area contributed by atoms with Crippen molar-refractivity contribution < 1.29 is 9.59 Å². The molecule has 26 heavy (non-hydrogen) atoms. The third kappa shape index (κ3) is 3.90. The van der Waals surface area contributed by atoms with Crippen LogP contribution in [0.4, 0.5) is 5.69 Å². The van der Waals surface area contributed by atoms with Crippen LogP contribution in [0.2, 0.25) is 5.02 Å². The molecule has 5 nitrogen and oxygen atoms in total. The van der Waals surface area contributed by atoms with E-state index in [0.717, 1.165) is 16.3 Å². The van der Waals surface area contributed by atoms with Crippen molar-refractivity contribution in [2.75, 3.05) is 5.32 Å². The molecule has 0 saturated heterocycles. The number of anilines is 1. The number of fused-ring (bicyclic) bond motifs is 1. The maximum Gasteiger partial charge on any atom is 0.329 e. The number of carbonyl (C=O) groups is 2. The molecule has 0 spiro atoms. The number of amides is 2. The molecule has 3 aromatic carbocycles. The van der Waals surface area contributed by atoms with E-state index >= 15 is 0 Å². The molecule has 6 heteroatoms. The van der Waals surface area contributed by atoms with Crippen molar-refractivity contribution in [2.45, 2.75) is 6.92 Å². The summed E-state index contributed by atoms with van der Waals surface area (Å²) < 4.78 is 0. The fourth-order valence-corrected chi connectivity index (χ4v) is 2.71. The van der Waals surface area contributed by atoms with Crippen molar-refractivity contribution in [1.29, 1.82) is 0 Å². The van der Waals surface area contributed by atoms with Gasteiger partial charge in [-0.25, -0.2) is 5.43 Å². The Morgan fingerprint density at radius 2 is 1.58 bits per heavy atom. The van der Waals surface area contributed by atoms with Gasteiger partial charge >= 0.3 is 11.8 Å². The summed E-state index contributed by atoms with van der Waals surface area (Å²) in [5, 5.41) is 8.95. The highest BCUT2D eigenvalue weighted by atomic mass is 35.5. The molecule has 0 radical (unpaired) electrons. The molecule has 130 valence electrons. The van der Waals surface area contributed by atoms with E-state index in [1.165, 1.54) is 0 Å². The summed E-state index contributed by atoms with van der Waals surface area (Å²) in [5.74, 6) is -1.71. The minimum atomic E-state index is -0.871. The van der Waals surface area contributed by atoms with Gasteiger partial charge in [-0.15, -0.1) is 0 Å². The predicted molar refractivity (Wildman–Crippen MR) is 104 cm³/mol. The molecule has 0 heterocycles. The zero-order chi connectivity index (χ0) is 18.5. The van der Waals surface area contributed by atoms with Gasteiger partial charge in [0.05, 0.1) is 16.4 Å². The summed E-state index contributed by atoms with van der Waals surface area (Å²) in [7, 11) is 0. The van der Waals surface area contributed by atoms with Gasteiger partial charge in [-0.3, -0.25) is 9.59 Å². The van der Waals surface area contributed by atoms with E-state index in [2.05, 4.69) is 15.8 Å². The molecule has 0 aliphatic heterocycles. The topological polar surface area (TPSA) is 70.6 Å². The van der Waals surface area contributed by atoms with Crippen LogP contribution >= 0.6 is 11.6 Å². The lowest BCUT2D eigenvalue weighted by atomic mass is 10.0. The second-order valence-electron chi connectivity index (χ2n) is 5.60. The molecule has 0 aliphatic rings. The lowest BCUT2D eigenvalue weighted by Crippen LogP contribution is -2.33. The molecular formula is C20H16ClN3O2. The average molecular weight is 366 g/mol. The highest BCUT2D eigenvalue weighted by Gasteiger charge is 2.14. The Bertz CT molecular complexity index is 1010. The Hall–Kier alpha value is -3.18. The molecule has 2 N–H and O–H groups in total. The number of nitrogens with one attached hydrogen (secondary N) is 2. The summed E-state index contributed by atoms with van der Waals surface area (Å²) >= 11 is 5.96. The molecule has 0 bridgehead atoms. The Kier molecular flexibility index (Phi) is 5.29. The first-order valence-electron chi connectivity index (χ1n) is 7.94. The molecule has 0 fully saturated rings. The standard InChI is InChI=1S/C20H16ClN3O2/c1-13(15-10-6-8-14-7-2-3-9-16(14)15)23-24-20(26)19(25)22-18-12-5-4-11-17(18)21/h2-12H,1H3,(H,22,25)(H,24,26)/b23-13+. The van der Waals surface area contributed by atoms with Crippen LogP contribution in [0.15, 0.2) is 71.8 Å². The van der Waals surface area contributed by atoms with E-state index in [-0.39, 0.29) is 0 Å². The summed E-state index contributed by atoms with van der Waals surface area (Å²) in [6.45, 7) is 1.77. The largest absolute Gasteiger partial charge is 0.329 e. The summed E-state index contributed by atoms with van der Waals surface area (Å²) in [4.78, 5) is 24.0. The SMILES string of the molecule is C/C(=N\NC(=O)C(=O)Nc1ccccc1Cl)c1cccc2ccccc12. The van der Waals surface area contributed by atoms with Gasteiger partial charge in [-0.05, 0) is 29.8 Å². The summed E-state index contributed by atoms with van der Waals surface area (Å²) in [5.41, 5.74) is 4.13. The number of hydrazone groups is 1. The lowest BCUT2D eigenvalue weighted by molar-refractivity contribution is -0.136. The normalized spacial score (nSPS) is 11.2. The molecule has 0 aliphatic carbocycles. The van der Waals surface area contributed by atoms with E-state index in [1.54, 1.807) is 31.2 Å². The van der Waals surface area contributed by atoms with Crippen LogP contribution < -0.4 is 10.7 Å². The Balaban J connectivity index is 1.73. The van der Waals surface area contributed by atoms with E-state index in [4.69, 9.17) is 11.6 Å². The molecular weight excluding hydrogens is 350 g/mol. The average Bonchev–Trinajstić information content (AvgIpc) is 2.67. The molecule has 3 aromatic rings. The van der Waals surface area contributed by atoms with Crippen LogP contribution in [0.5, 0.6) is 0 Å². The van der Waals surface area contributed by atoms with Gasteiger partial charge in [-0.1, -0.05) is 66.2 Å². The van der Waals surface area contributed by atoms with Gasteiger partial charge in [0, 0.05) is 5.56 Å². The minimum Gasteiger partial charge on any atom is -0.316 e. The lowest BCUT2D eigenvalue weighted by Gasteiger charge is -2.08. The zero-order valence-corrected chi connectivity index (χ0v) is 14.7. The third-order valence-electron chi connectivity index (χ3n) is 3.83. The number of para-hydroxylation sites is 1. The highest BCUT2D eigenvalue weighted by molar-refractivity contribution is 6.41. The fraction of sp³-hybridized carbons (Fsp3) is 0.0500. The predicted octanol–water partition coefficient (Wildman–Crippen LogP) is 3.97. The number of hydrogen-bond donors (Lipinski definition) is 2. The van der Waals surface area contributed by atoms with Gasteiger partial charge in [0.25, 0.3) is 0 Å². The van der Waals surface area contributed by atoms with Crippen molar-refractivity contribution in [3.63, 3.8) is 0 Å². The summed E-state index contributed by atoms with van der Waals surface area (Å²) in [6, 6.07) is 20.4. The van der Waals surface area contributed by atoms with Crippen LogP contribution in [-0.2, 0) is 9.59 Å². The highest BCUT2D eigenvalue weighted by Crippen LogP contribution is 2.20. The van der Waals surface area contributed by atoms with Crippen molar-refractivity contribution in [3.05, 3.63) is 77.3 Å². The van der Waals surface area contributed by atoms with Crippen molar-refractivity contribution in [1.82, 2.24) is 5.43 Å². The van der Waals surface area contributed by atoms with Crippen molar-refractivity contribution >= 4 is 45.6 Å². The second-order valence-corrected chi connectivity index (χ2v) is 6.01. The van der Waals surface area contributed by atoms with Gasteiger partial charge in [0.2, 0.25) is 0 Å². The number of hydrogen-bond acceptors (Lipinski definition) is 3. The first-order chi connectivity index (χ1) is 12.6. The van der Waals surface area contributed by atoms with E-state index in [9.17, 15) is 9.59 Å². The van der Waals surface area contributed by atoms with E-state index < -0.39 is 11.8 Å². The number of benzene rings is 3. The molecule has 0 aromatic heterocycles. The number of rotatable bonds is 3. The first kappa shape index (κ1) is 17.6. The van der Waals surface area contributed by atoms with Crippen molar-refractivity contribution in [2.24, 2.45) is 5.10 Å². The van der Waals surface area contributed by atoms with Gasteiger partial charge in [0.15, 0.2) is 0 Å². The maximum atomic E-state index is 12.0. The van der Waals surface area contributed by atoms with E-state index in [0.29, 0.717) is 16.4 Å². The van der Waals surface area contributed by atoms with Crippen LogP contribution in [0.3, 0.4) is 0 Å². The minimum absolute atomic E-state index is 0.351. The van der Waals surface area contributed by atoms with Crippen LogP contribution in [-0.4, -0.2) is 17.5 Å². The fourth-order valence-electron chi connectivity index (χ4n) is 2.53. The monoisotopic (exact) mass is 365 g/mol. The Labute approximate surface area is 155 Å². The van der Waals surface area contributed by atoms with Gasteiger partial charge < -0.3 is 5.32 Å². The number of halogens is 1. The van der Waals surface area contributed by atoms with Crippen LogP contribution in [0.1, 0.15) is 12.5 Å². The third-order valence-corrected chi connectivity index (χ3v) is 4.16. The number of carbonyl (C=O) groups excluding carboxylic acids is 2. The maximum absolute atomic E-state index is 12.0. The second kappa shape index (κ2) is 7.80. The molecule has 0 atom stereocenters. The first-order valence-corrected chi connectivity index (χ1v) is 8.32. The van der Waals surface area contributed by atoms with E-state index in [1.807, 2.05) is 42.5 Å². The quantitative estimate of drug-likeness (QED) is 0.419. The van der Waals surface area contributed by atoms with Gasteiger partial charge in [-0.2, -0.15) is 5.10 Å². The Morgan fingerprint density at radius 1 is 0.885 bits per heavy atom. The smallest absolute Gasteiger partial charge is 0.316 e. The zero-order valence-electron chi connectivity index (χ0n) is 14.0. The van der Waals surface area contributed by atoms with Crippen molar-refractivity contribution in [3.8, 4) is 0 Å².